The standard InChI is InChI=1S/C16H29N3O6/c1-11(2)16(9-13(20)21,19-15(17)23)12-10-25-7-4-3-6-24-8-5-18-14(12)22/h11-12H,3-10H2,1-2H3,(H,18,22)(H,20,21)(H3,17,19,23). The molecular formula is C16H29N3O6. The molecule has 1 saturated heterocycles. The first-order valence-corrected chi connectivity index (χ1v) is 8.52. The molecule has 1 heterocycles. The molecule has 3 amide bonds. The van der Waals surface area contributed by atoms with Crippen LogP contribution in [0.4, 0.5) is 4.79 Å². The van der Waals surface area contributed by atoms with E-state index >= 15 is 0 Å². The number of carbonyl (C=O) groups is 3. The van der Waals surface area contributed by atoms with Crippen LogP contribution in [0, 0.1) is 11.8 Å². The van der Waals surface area contributed by atoms with Gasteiger partial charge in [-0.2, -0.15) is 0 Å². The molecule has 25 heavy (non-hydrogen) atoms. The maximum atomic E-state index is 12.7. The quantitative estimate of drug-likeness (QED) is 0.548. The van der Waals surface area contributed by atoms with Crippen molar-refractivity contribution in [2.75, 3.05) is 33.0 Å². The first-order valence-electron chi connectivity index (χ1n) is 8.52. The SMILES string of the molecule is CC(C)C(CC(=O)O)(NC(N)=O)C1COCCCCOCCNC1=O. The summed E-state index contributed by atoms with van der Waals surface area (Å²) in [5.41, 5.74) is 3.93. The molecule has 0 aromatic rings. The van der Waals surface area contributed by atoms with Crippen molar-refractivity contribution in [1.29, 1.82) is 0 Å². The maximum absolute atomic E-state index is 12.7. The molecule has 1 aliphatic rings. The number of carboxylic acids is 1. The van der Waals surface area contributed by atoms with E-state index in [1.165, 1.54) is 0 Å². The first-order chi connectivity index (χ1) is 11.8. The molecule has 1 rings (SSSR count). The Hall–Kier alpha value is -1.87. The summed E-state index contributed by atoms with van der Waals surface area (Å²) in [5, 5.41) is 14.6. The molecule has 0 aromatic carbocycles. The Balaban J connectivity index is 3.14. The van der Waals surface area contributed by atoms with E-state index in [1.807, 2.05) is 0 Å². The Morgan fingerprint density at radius 1 is 1.32 bits per heavy atom. The van der Waals surface area contributed by atoms with Crippen LogP contribution in [0.15, 0.2) is 0 Å². The summed E-state index contributed by atoms with van der Waals surface area (Å²) in [7, 11) is 0. The highest BCUT2D eigenvalue weighted by Gasteiger charge is 2.48. The predicted molar refractivity (Wildman–Crippen MR) is 89.9 cm³/mol. The van der Waals surface area contributed by atoms with Crippen LogP contribution in [0.3, 0.4) is 0 Å². The van der Waals surface area contributed by atoms with Gasteiger partial charge >= 0.3 is 12.0 Å². The fourth-order valence-corrected chi connectivity index (χ4v) is 3.02. The number of carboxylic acid groups (broad SMARTS) is 1. The Kier molecular flexibility index (Phi) is 8.64. The number of hydrogen-bond donors (Lipinski definition) is 4. The van der Waals surface area contributed by atoms with E-state index < -0.39 is 35.8 Å². The van der Waals surface area contributed by atoms with Gasteiger partial charge in [-0.3, -0.25) is 9.59 Å². The van der Waals surface area contributed by atoms with E-state index in [2.05, 4.69) is 10.6 Å². The number of amides is 3. The monoisotopic (exact) mass is 359 g/mol. The summed E-state index contributed by atoms with van der Waals surface area (Å²) < 4.78 is 11.0. The second kappa shape index (κ2) is 10.2. The predicted octanol–water partition coefficient (Wildman–Crippen LogP) is 0.0836. The molecule has 0 spiro atoms. The molecule has 1 fully saturated rings. The van der Waals surface area contributed by atoms with E-state index in [1.54, 1.807) is 13.8 Å². The highest BCUT2D eigenvalue weighted by molar-refractivity contribution is 5.84. The zero-order valence-electron chi connectivity index (χ0n) is 14.9. The lowest BCUT2D eigenvalue weighted by atomic mass is 9.72. The molecule has 0 aromatic heterocycles. The van der Waals surface area contributed by atoms with Gasteiger partial charge in [-0.15, -0.1) is 0 Å². The third-order valence-electron chi connectivity index (χ3n) is 4.43. The molecule has 0 aliphatic carbocycles. The lowest BCUT2D eigenvalue weighted by molar-refractivity contribution is -0.142. The topological polar surface area (TPSA) is 140 Å². The summed E-state index contributed by atoms with van der Waals surface area (Å²) in [6.07, 6.45) is 1.17. The highest BCUT2D eigenvalue weighted by Crippen LogP contribution is 2.31. The van der Waals surface area contributed by atoms with E-state index in [-0.39, 0.29) is 12.5 Å². The van der Waals surface area contributed by atoms with Gasteiger partial charge in [0.1, 0.15) is 0 Å². The average Bonchev–Trinajstić information content (AvgIpc) is 2.48. The van der Waals surface area contributed by atoms with Crippen molar-refractivity contribution in [3.8, 4) is 0 Å². The molecule has 2 atom stereocenters. The Bertz CT molecular complexity index is 453. The van der Waals surface area contributed by atoms with Crippen molar-refractivity contribution in [2.45, 2.75) is 38.6 Å². The number of nitrogens with two attached hydrogens (primary N) is 1. The van der Waals surface area contributed by atoms with Crippen molar-refractivity contribution in [3.05, 3.63) is 0 Å². The summed E-state index contributed by atoms with van der Waals surface area (Å²) >= 11 is 0. The van der Waals surface area contributed by atoms with Gasteiger partial charge < -0.3 is 30.9 Å². The summed E-state index contributed by atoms with van der Waals surface area (Å²) in [5.74, 6) is -2.78. The van der Waals surface area contributed by atoms with Crippen molar-refractivity contribution in [3.63, 3.8) is 0 Å². The highest BCUT2D eigenvalue weighted by atomic mass is 16.5. The van der Waals surface area contributed by atoms with Crippen molar-refractivity contribution in [1.82, 2.24) is 10.6 Å². The fourth-order valence-electron chi connectivity index (χ4n) is 3.02. The number of ether oxygens (including phenoxy) is 2. The number of aliphatic carboxylic acids is 1. The van der Waals surface area contributed by atoms with E-state index in [0.717, 1.165) is 12.8 Å². The third kappa shape index (κ3) is 6.50. The van der Waals surface area contributed by atoms with Crippen LogP contribution in [-0.4, -0.2) is 61.5 Å². The molecule has 144 valence electrons. The van der Waals surface area contributed by atoms with Crippen LogP contribution in [0.2, 0.25) is 0 Å². The van der Waals surface area contributed by atoms with Gasteiger partial charge in [0.25, 0.3) is 0 Å². The second-order valence-electron chi connectivity index (χ2n) is 6.49. The molecule has 9 nitrogen and oxygen atoms in total. The van der Waals surface area contributed by atoms with E-state index in [0.29, 0.717) is 26.4 Å². The number of hydrogen-bond acceptors (Lipinski definition) is 5. The van der Waals surface area contributed by atoms with Gasteiger partial charge in [0.2, 0.25) is 5.91 Å². The molecule has 9 heteroatoms. The van der Waals surface area contributed by atoms with Gasteiger partial charge in [-0.1, -0.05) is 13.8 Å². The van der Waals surface area contributed by atoms with Gasteiger partial charge in [-0.25, -0.2) is 4.79 Å². The Labute approximate surface area is 147 Å². The number of nitrogens with one attached hydrogen (secondary N) is 2. The lowest BCUT2D eigenvalue weighted by Gasteiger charge is -2.42. The number of carbonyl (C=O) groups excluding carboxylic acids is 2. The largest absolute Gasteiger partial charge is 0.481 e. The van der Waals surface area contributed by atoms with Gasteiger partial charge in [0.05, 0.1) is 31.1 Å². The third-order valence-corrected chi connectivity index (χ3v) is 4.43. The van der Waals surface area contributed by atoms with Gasteiger partial charge in [0, 0.05) is 19.8 Å². The summed E-state index contributed by atoms with van der Waals surface area (Å²) in [6, 6.07) is -0.878. The molecule has 0 bridgehead atoms. The van der Waals surface area contributed by atoms with Crippen molar-refractivity contribution < 1.29 is 29.0 Å². The molecule has 2 unspecified atom stereocenters. The second-order valence-corrected chi connectivity index (χ2v) is 6.49. The smallest absolute Gasteiger partial charge is 0.312 e. The summed E-state index contributed by atoms with van der Waals surface area (Å²) in [6.45, 7) is 5.17. The van der Waals surface area contributed by atoms with Crippen LogP contribution in [0.5, 0.6) is 0 Å². The van der Waals surface area contributed by atoms with Crippen molar-refractivity contribution in [2.24, 2.45) is 17.6 Å². The van der Waals surface area contributed by atoms with Crippen LogP contribution in [0.25, 0.3) is 0 Å². The lowest BCUT2D eigenvalue weighted by Crippen LogP contribution is -2.64. The zero-order chi connectivity index (χ0) is 18.9. The van der Waals surface area contributed by atoms with Crippen LogP contribution >= 0.6 is 0 Å². The van der Waals surface area contributed by atoms with Crippen molar-refractivity contribution >= 4 is 17.9 Å². The van der Waals surface area contributed by atoms with E-state index in [9.17, 15) is 19.5 Å². The molecule has 1 aliphatic heterocycles. The van der Waals surface area contributed by atoms with Crippen LogP contribution < -0.4 is 16.4 Å². The van der Waals surface area contributed by atoms with E-state index in [4.69, 9.17) is 15.2 Å². The minimum atomic E-state index is -1.35. The number of primary amides is 1. The summed E-state index contributed by atoms with van der Waals surface area (Å²) in [4.78, 5) is 35.7. The molecule has 0 saturated carbocycles. The fraction of sp³-hybridized carbons (Fsp3) is 0.812. The minimum absolute atomic E-state index is 0.00156. The average molecular weight is 359 g/mol. The molecule has 5 N–H and O–H groups in total. The maximum Gasteiger partial charge on any atom is 0.312 e. The Morgan fingerprint density at radius 2 is 1.96 bits per heavy atom. The van der Waals surface area contributed by atoms with Gasteiger partial charge in [-0.05, 0) is 18.8 Å². The normalized spacial score (nSPS) is 22.8. The van der Waals surface area contributed by atoms with Crippen LogP contribution in [0.1, 0.15) is 33.1 Å². The van der Waals surface area contributed by atoms with Crippen LogP contribution in [-0.2, 0) is 19.1 Å². The first kappa shape index (κ1) is 21.2. The number of urea groups is 1. The Morgan fingerprint density at radius 3 is 2.52 bits per heavy atom. The number of rotatable bonds is 5. The molecule has 0 radical (unpaired) electrons. The minimum Gasteiger partial charge on any atom is -0.481 e. The zero-order valence-corrected chi connectivity index (χ0v) is 14.9. The molecular weight excluding hydrogens is 330 g/mol. The van der Waals surface area contributed by atoms with Gasteiger partial charge in [0.15, 0.2) is 0 Å².